The van der Waals surface area contributed by atoms with Gasteiger partial charge in [0.1, 0.15) is 0 Å². The summed E-state index contributed by atoms with van der Waals surface area (Å²) in [6.07, 6.45) is 3.98. The molecule has 1 N–H and O–H groups in total. The molecule has 2 aromatic rings. The third-order valence-electron chi connectivity index (χ3n) is 5.09. The number of benzene rings is 2. The van der Waals surface area contributed by atoms with E-state index in [2.05, 4.69) is 24.4 Å². The second kappa shape index (κ2) is 10.3. The van der Waals surface area contributed by atoms with Crippen LogP contribution in [-0.4, -0.2) is 37.5 Å². The molecule has 1 aliphatic heterocycles. The Bertz CT molecular complexity index is 919. The number of rotatable bonds is 7. The van der Waals surface area contributed by atoms with Gasteiger partial charge in [0.15, 0.2) is 0 Å². The number of nitrogens with zero attached hydrogens (tertiary/aromatic N) is 1. The zero-order valence-corrected chi connectivity index (χ0v) is 18.4. The second-order valence-electron chi connectivity index (χ2n) is 7.31. The van der Waals surface area contributed by atoms with E-state index in [4.69, 9.17) is 0 Å². The number of amides is 1. The number of carbonyl (C=O) groups is 1. The van der Waals surface area contributed by atoms with Crippen molar-refractivity contribution in [2.24, 2.45) is 0 Å². The normalized spacial score (nSPS) is 15.6. The smallest absolute Gasteiger partial charge is 0.243 e. The van der Waals surface area contributed by atoms with Crippen LogP contribution in [-0.2, 0) is 20.6 Å². The van der Waals surface area contributed by atoms with E-state index in [9.17, 15) is 13.2 Å². The molecule has 3 rings (SSSR count). The lowest BCUT2D eigenvalue weighted by atomic mass is 10.1. The summed E-state index contributed by atoms with van der Waals surface area (Å²) in [5.74, 6) is 1.04. The summed E-state index contributed by atoms with van der Waals surface area (Å²) in [6.45, 7) is 3.23. The zero-order valence-electron chi connectivity index (χ0n) is 16.8. The average Bonchev–Trinajstić information content (AvgIpc) is 3.00. The predicted molar refractivity (Wildman–Crippen MR) is 120 cm³/mol. The minimum atomic E-state index is -3.46. The van der Waals surface area contributed by atoms with Crippen molar-refractivity contribution in [3.63, 3.8) is 0 Å². The highest BCUT2D eigenvalue weighted by molar-refractivity contribution is 7.99. The van der Waals surface area contributed by atoms with Crippen LogP contribution in [0.15, 0.2) is 53.4 Å². The monoisotopic (exact) mass is 432 g/mol. The first-order valence-electron chi connectivity index (χ1n) is 9.99. The fraction of sp³-hybridized carbons (Fsp3) is 0.409. The van der Waals surface area contributed by atoms with Crippen LogP contribution in [0.5, 0.6) is 0 Å². The standard InChI is InChI=1S/C22H28N2O3S2/c1-18-8-4-5-9-19(18)16-28-17-22(25)23-20-10-12-21(13-11-20)29(26,27)24-14-6-2-3-7-15-24/h4-5,8-13H,2-3,6-7,14-17H2,1H3,(H,23,25). The number of hydrogen-bond donors (Lipinski definition) is 1. The van der Waals surface area contributed by atoms with E-state index in [0.717, 1.165) is 31.4 Å². The minimum absolute atomic E-state index is 0.0910. The fourth-order valence-corrected chi connectivity index (χ4v) is 5.78. The molecule has 1 amide bonds. The van der Waals surface area contributed by atoms with Gasteiger partial charge in [0.2, 0.25) is 15.9 Å². The first kappa shape index (κ1) is 21.9. The lowest BCUT2D eigenvalue weighted by Gasteiger charge is -2.20. The van der Waals surface area contributed by atoms with Gasteiger partial charge in [-0.15, -0.1) is 11.8 Å². The maximum absolute atomic E-state index is 12.8. The summed E-state index contributed by atoms with van der Waals surface area (Å²) in [6, 6.07) is 14.6. The highest BCUT2D eigenvalue weighted by atomic mass is 32.2. The Hall–Kier alpha value is -1.83. The van der Waals surface area contributed by atoms with Crippen LogP contribution in [0, 0.1) is 6.92 Å². The summed E-state index contributed by atoms with van der Waals surface area (Å²) in [4.78, 5) is 12.5. The quantitative estimate of drug-likeness (QED) is 0.703. The first-order chi connectivity index (χ1) is 14.0. The Labute approximate surface area is 177 Å². The van der Waals surface area contributed by atoms with Crippen molar-refractivity contribution in [1.82, 2.24) is 4.31 Å². The zero-order chi connectivity index (χ0) is 20.7. The van der Waals surface area contributed by atoms with Gasteiger partial charge in [-0.1, -0.05) is 37.1 Å². The van der Waals surface area contributed by atoms with Crippen LogP contribution in [0.1, 0.15) is 36.8 Å². The molecule has 0 spiro atoms. The predicted octanol–water partition coefficient (Wildman–Crippen LogP) is 4.43. The van der Waals surface area contributed by atoms with E-state index in [1.807, 2.05) is 12.1 Å². The van der Waals surface area contributed by atoms with Gasteiger partial charge in [-0.2, -0.15) is 4.31 Å². The van der Waals surface area contributed by atoms with Crippen molar-refractivity contribution >= 4 is 33.4 Å². The van der Waals surface area contributed by atoms with Gasteiger partial charge in [0, 0.05) is 24.5 Å². The molecule has 0 saturated carbocycles. The molecule has 156 valence electrons. The Kier molecular flexibility index (Phi) is 7.75. The van der Waals surface area contributed by atoms with Crippen molar-refractivity contribution < 1.29 is 13.2 Å². The molecule has 1 aliphatic rings. The topological polar surface area (TPSA) is 66.5 Å². The molecule has 5 nitrogen and oxygen atoms in total. The van der Waals surface area contributed by atoms with Gasteiger partial charge in [-0.25, -0.2) is 8.42 Å². The minimum Gasteiger partial charge on any atom is -0.325 e. The van der Waals surface area contributed by atoms with Gasteiger partial charge in [-0.05, 0) is 55.2 Å². The van der Waals surface area contributed by atoms with Gasteiger partial charge in [0.05, 0.1) is 10.6 Å². The summed E-state index contributed by atoms with van der Waals surface area (Å²) in [7, 11) is -3.46. The van der Waals surface area contributed by atoms with Crippen LogP contribution < -0.4 is 5.32 Å². The maximum Gasteiger partial charge on any atom is 0.243 e. The van der Waals surface area contributed by atoms with Gasteiger partial charge in [0.25, 0.3) is 0 Å². The lowest BCUT2D eigenvalue weighted by Crippen LogP contribution is -2.31. The summed E-state index contributed by atoms with van der Waals surface area (Å²) >= 11 is 1.56. The number of thioether (sulfide) groups is 1. The van der Waals surface area contributed by atoms with E-state index in [-0.39, 0.29) is 10.8 Å². The second-order valence-corrected chi connectivity index (χ2v) is 10.2. The molecular formula is C22H28N2O3S2. The molecule has 0 aliphatic carbocycles. The van der Waals surface area contributed by atoms with Crippen molar-refractivity contribution in [3.8, 4) is 0 Å². The molecule has 0 aromatic heterocycles. The molecule has 0 atom stereocenters. The number of hydrogen-bond acceptors (Lipinski definition) is 4. The molecule has 29 heavy (non-hydrogen) atoms. The number of anilines is 1. The first-order valence-corrected chi connectivity index (χ1v) is 12.6. The Morgan fingerprint density at radius 3 is 2.31 bits per heavy atom. The van der Waals surface area contributed by atoms with Gasteiger partial charge < -0.3 is 5.32 Å². The van der Waals surface area contributed by atoms with E-state index in [1.165, 1.54) is 11.1 Å². The Morgan fingerprint density at radius 2 is 1.66 bits per heavy atom. The number of sulfonamides is 1. The molecular weight excluding hydrogens is 404 g/mol. The van der Waals surface area contributed by atoms with Crippen molar-refractivity contribution in [2.45, 2.75) is 43.3 Å². The summed E-state index contributed by atoms with van der Waals surface area (Å²) < 4.78 is 27.2. The maximum atomic E-state index is 12.8. The average molecular weight is 433 g/mol. The number of nitrogens with one attached hydrogen (secondary N) is 1. The highest BCUT2D eigenvalue weighted by Crippen LogP contribution is 2.22. The van der Waals surface area contributed by atoms with Crippen LogP contribution in [0.4, 0.5) is 5.69 Å². The Balaban J connectivity index is 1.53. The SMILES string of the molecule is Cc1ccccc1CSCC(=O)Nc1ccc(S(=O)(=O)N2CCCCCC2)cc1. The third-order valence-corrected chi connectivity index (χ3v) is 7.99. The van der Waals surface area contributed by atoms with Crippen LogP contribution in [0.25, 0.3) is 0 Å². The molecule has 0 bridgehead atoms. The summed E-state index contributed by atoms with van der Waals surface area (Å²) in [5, 5.41) is 2.84. The fourth-order valence-electron chi connectivity index (χ4n) is 3.36. The van der Waals surface area contributed by atoms with E-state index in [1.54, 1.807) is 40.3 Å². The van der Waals surface area contributed by atoms with Crippen molar-refractivity contribution in [1.29, 1.82) is 0 Å². The van der Waals surface area contributed by atoms with E-state index < -0.39 is 10.0 Å². The summed E-state index contributed by atoms with van der Waals surface area (Å²) in [5.41, 5.74) is 3.07. The van der Waals surface area contributed by atoms with Crippen LogP contribution in [0.3, 0.4) is 0 Å². The molecule has 7 heteroatoms. The van der Waals surface area contributed by atoms with Gasteiger partial charge in [-0.3, -0.25) is 4.79 Å². The van der Waals surface area contributed by atoms with Gasteiger partial charge >= 0.3 is 0 Å². The number of carbonyl (C=O) groups excluding carboxylic acids is 1. The van der Waals surface area contributed by atoms with E-state index >= 15 is 0 Å². The molecule has 0 unspecified atom stereocenters. The lowest BCUT2D eigenvalue weighted by molar-refractivity contribution is -0.113. The molecule has 1 heterocycles. The third kappa shape index (κ3) is 6.07. The molecule has 1 fully saturated rings. The van der Waals surface area contributed by atoms with E-state index in [0.29, 0.717) is 24.5 Å². The van der Waals surface area contributed by atoms with Crippen molar-refractivity contribution in [3.05, 3.63) is 59.7 Å². The Morgan fingerprint density at radius 1 is 1.00 bits per heavy atom. The molecule has 2 aromatic carbocycles. The van der Waals surface area contributed by atoms with Crippen LogP contribution >= 0.6 is 11.8 Å². The van der Waals surface area contributed by atoms with Crippen LogP contribution in [0.2, 0.25) is 0 Å². The molecule has 1 saturated heterocycles. The highest BCUT2D eigenvalue weighted by Gasteiger charge is 2.24. The number of aryl methyl sites for hydroxylation is 1. The molecule has 0 radical (unpaired) electrons. The largest absolute Gasteiger partial charge is 0.325 e. The van der Waals surface area contributed by atoms with Crippen molar-refractivity contribution in [2.75, 3.05) is 24.2 Å².